The molecule has 0 N–H and O–H groups in total. The molecule has 1 saturated heterocycles. The van der Waals surface area contributed by atoms with Crippen molar-refractivity contribution in [3.63, 3.8) is 0 Å². The summed E-state index contributed by atoms with van der Waals surface area (Å²) in [7, 11) is -2.53. The van der Waals surface area contributed by atoms with Crippen molar-refractivity contribution in [2.45, 2.75) is 36.8 Å². The van der Waals surface area contributed by atoms with Gasteiger partial charge in [-0.15, -0.1) is 0 Å². The van der Waals surface area contributed by atoms with Crippen LogP contribution >= 0.6 is 0 Å². The second-order valence-corrected chi connectivity index (χ2v) is 9.76. The van der Waals surface area contributed by atoms with E-state index in [2.05, 4.69) is 0 Å². The number of nitrogens with zero attached hydrogens (tertiary/aromatic N) is 1. The standard InChI is InChI=1S/C23H25NO5S/c1-16-9-11-18(12-10-16)30(26,27)24-14-13-20-19(17-7-5-4-6-8-17)15-21(22(25)28-3)29-23(20,24)2/h4-12,15,19-20H,13-14H2,1-3H3/t19-,20+,23-/m1/s1. The largest absolute Gasteiger partial charge is 0.464 e. The first-order chi connectivity index (χ1) is 14.3. The highest BCUT2D eigenvalue weighted by molar-refractivity contribution is 7.89. The maximum atomic E-state index is 13.5. The molecular formula is C23H25NO5S. The number of rotatable bonds is 4. The fraction of sp³-hybridized carbons (Fsp3) is 0.348. The second-order valence-electron chi connectivity index (χ2n) is 7.90. The summed E-state index contributed by atoms with van der Waals surface area (Å²) in [5.41, 5.74) is 0.782. The highest BCUT2D eigenvalue weighted by atomic mass is 32.2. The number of methoxy groups -OCH3 is 1. The van der Waals surface area contributed by atoms with Gasteiger partial charge in [-0.3, -0.25) is 0 Å². The Labute approximate surface area is 177 Å². The highest BCUT2D eigenvalue weighted by Gasteiger charge is 2.58. The molecule has 0 amide bonds. The van der Waals surface area contributed by atoms with E-state index in [0.717, 1.165) is 11.1 Å². The molecule has 0 bridgehead atoms. The lowest BCUT2D eigenvalue weighted by Gasteiger charge is -2.44. The maximum absolute atomic E-state index is 13.5. The minimum Gasteiger partial charge on any atom is -0.464 e. The molecule has 0 spiro atoms. The Balaban J connectivity index is 1.79. The third kappa shape index (κ3) is 3.32. The lowest BCUT2D eigenvalue weighted by atomic mass is 9.78. The van der Waals surface area contributed by atoms with Crippen molar-refractivity contribution in [2.75, 3.05) is 13.7 Å². The van der Waals surface area contributed by atoms with Crippen LogP contribution in [0.3, 0.4) is 0 Å². The predicted octanol–water partition coefficient (Wildman–Crippen LogP) is 3.59. The number of benzene rings is 2. The SMILES string of the molecule is COC(=O)C1=C[C@H](c2ccccc2)[C@@H]2CCN(S(=O)(=O)c3ccc(C)cc3)[C@]2(C)O1. The van der Waals surface area contributed by atoms with Gasteiger partial charge >= 0.3 is 5.97 Å². The third-order valence-corrected chi connectivity index (χ3v) is 8.08. The van der Waals surface area contributed by atoms with Gasteiger partial charge in [0.1, 0.15) is 0 Å². The van der Waals surface area contributed by atoms with Crippen LogP contribution in [0.2, 0.25) is 0 Å². The molecule has 0 unspecified atom stereocenters. The summed E-state index contributed by atoms with van der Waals surface area (Å²) in [4.78, 5) is 12.6. The number of hydrogen-bond donors (Lipinski definition) is 0. The number of carbonyl (C=O) groups excluding carboxylic acids is 1. The summed E-state index contributed by atoms with van der Waals surface area (Å²) >= 11 is 0. The molecule has 0 aliphatic carbocycles. The Morgan fingerprint density at radius 3 is 2.43 bits per heavy atom. The third-order valence-electron chi connectivity index (χ3n) is 6.09. The van der Waals surface area contributed by atoms with Gasteiger partial charge in [0.2, 0.25) is 15.8 Å². The van der Waals surface area contributed by atoms with Gasteiger partial charge in [0.25, 0.3) is 0 Å². The van der Waals surface area contributed by atoms with Crippen molar-refractivity contribution >= 4 is 16.0 Å². The number of esters is 1. The summed E-state index contributed by atoms with van der Waals surface area (Å²) in [6.45, 7) is 3.97. The van der Waals surface area contributed by atoms with E-state index in [0.29, 0.717) is 13.0 Å². The van der Waals surface area contributed by atoms with Crippen molar-refractivity contribution in [1.29, 1.82) is 0 Å². The Bertz CT molecular complexity index is 1080. The normalized spacial score (nSPS) is 26.4. The minimum absolute atomic E-state index is 0.0381. The van der Waals surface area contributed by atoms with Gasteiger partial charge in [-0.05, 0) is 44.0 Å². The van der Waals surface area contributed by atoms with Crippen LogP contribution in [0.25, 0.3) is 0 Å². The van der Waals surface area contributed by atoms with E-state index >= 15 is 0 Å². The monoisotopic (exact) mass is 427 g/mol. The second kappa shape index (κ2) is 7.56. The van der Waals surface area contributed by atoms with Crippen molar-refractivity contribution in [1.82, 2.24) is 4.31 Å². The molecule has 0 aromatic heterocycles. The summed E-state index contributed by atoms with van der Waals surface area (Å²) in [5, 5.41) is 0. The molecule has 158 valence electrons. The molecule has 6 nitrogen and oxygen atoms in total. The van der Waals surface area contributed by atoms with Gasteiger partial charge in [-0.25, -0.2) is 13.2 Å². The zero-order chi connectivity index (χ0) is 21.5. The quantitative estimate of drug-likeness (QED) is 0.697. The lowest BCUT2D eigenvalue weighted by molar-refractivity contribution is -0.153. The number of carbonyl (C=O) groups is 1. The fourth-order valence-electron chi connectivity index (χ4n) is 4.52. The number of aryl methyl sites for hydroxylation is 1. The first kappa shape index (κ1) is 20.6. The minimum atomic E-state index is -3.82. The average molecular weight is 428 g/mol. The van der Waals surface area contributed by atoms with Crippen LogP contribution in [0.4, 0.5) is 0 Å². The molecule has 2 aliphatic rings. The van der Waals surface area contributed by atoms with Crippen LogP contribution in [0.5, 0.6) is 0 Å². The molecule has 2 aliphatic heterocycles. The number of hydrogen-bond acceptors (Lipinski definition) is 5. The number of ether oxygens (including phenoxy) is 2. The fourth-order valence-corrected chi connectivity index (χ4v) is 6.25. The topological polar surface area (TPSA) is 72.9 Å². The molecule has 2 aromatic carbocycles. The molecule has 2 aromatic rings. The van der Waals surface area contributed by atoms with E-state index in [1.54, 1.807) is 37.3 Å². The Kier molecular flexibility index (Phi) is 5.20. The molecule has 1 fully saturated rings. The van der Waals surface area contributed by atoms with Gasteiger partial charge in [0.05, 0.1) is 12.0 Å². The predicted molar refractivity (Wildman–Crippen MR) is 112 cm³/mol. The first-order valence-electron chi connectivity index (χ1n) is 9.91. The Morgan fingerprint density at radius 2 is 1.80 bits per heavy atom. The van der Waals surface area contributed by atoms with Crippen LogP contribution in [-0.4, -0.2) is 38.1 Å². The molecule has 2 heterocycles. The molecule has 4 rings (SSSR count). The van der Waals surface area contributed by atoms with Gasteiger partial charge < -0.3 is 9.47 Å². The van der Waals surface area contributed by atoms with Crippen molar-refractivity contribution in [2.24, 2.45) is 5.92 Å². The number of allylic oxidation sites excluding steroid dienone is 1. The van der Waals surface area contributed by atoms with Crippen molar-refractivity contribution in [3.05, 3.63) is 77.6 Å². The molecule has 0 radical (unpaired) electrons. The molecular weight excluding hydrogens is 402 g/mol. The van der Waals surface area contributed by atoms with E-state index in [-0.39, 0.29) is 22.5 Å². The summed E-state index contributed by atoms with van der Waals surface area (Å²) in [5.74, 6) is -0.892. The highest BCUT2D eigenvalue weighted by Crippen LogP contribution is 2.51. The summed E-state index contributed by atoms with van der Waals surface area (Å²) in [6, 6.07) is 16.5. The van der Waals surface area contributed by atoms with Crippen LogP contribution in [0.1, 0.15) is 30.4 Å². The zero-order valence-electron chi connectivity index (χ0n) is 17.2. The summed E-state index contributed by atoms with van der Waals surface area (Å²) in [6.07, 6.45) is 2.38. The molecule has 0 saturated carbocycles. The van der Waals surface area contributed by atoms with Gasteiger partial charge in [-0.1, -0.05) is 48.0 Å². The van der Waals surface area contributed by atoms with E-state index in [9.17, 15) is 13.2 Å². The van der Waals surface area contributed by atoms with E-state index in [1.807, 2.05) is 37.3 Å². The van der Waals surface area contributed by atoms with E-state index in [1.165, 1.54) is 11.4 Å². The van der Waals surface area contributed by atoms with Crippen LogP contribution in [0, 0.1) is 12.8 Å². The van der Waals surface area contributed by atoms with Gasteiger partial charge in [-0.2, -0.15) is 4.31 Å². The van der Waals surface area contributed by atoms with Crippen LogP contribution in [0.15, 0.2) is 71.3 Å². The van der Waals surface area contributed by atoms with Gasteiger partial charge in [0.15, 0.2) is 5.72 Å². The maximum Gasteiger partial charge on any atom is 0.373 e. The van der Waals surface area contributed by atoms with Crippen LogP contribution in [-0.2, 0) is 24.3 Å². The Hall–Kier alpha value is -2.64. The van der Waals surface area contributed by atoms with Gasteiger partial charge in [0, 0.05) is 18.4 Å². The number of sulfonamides is 1. The smallest absolute Gasteiger partial charge is 0.373 e. The van der Waals surface area contributed by atoms with Crippen molar-refractivity contribution in [3.8, 4) is 0 Å². The van der Waals surface area contributed by atoms with Crippen LogP contribution < -0.4 is 0 Å². The number of fused-ring (bicyclic) bond motifs is 1. The zero-order valence-corrected chi connectivity index (χ0v) is 18.1. The molecule has 7 heteroatoms. The average Bonchev–Trinajstić information content (AvgIpc) is 3.11. The summed E-state index contributed by atoms with van der Waals surface area (Å²) < 4.78 is 39.4. The molecule has 3 atom stereocenters. The van der Waals surface area contributed by atoms with E-state index < -0.39 is 21.7 Å². The lowest BCUT2D eigenvalue weighted by Crippen LogP contribution is -2.53. The van der Waals surface area contributed by atoms with E-state index in [4.69, 9.17) is 9.47 Å². The Morgan fingerprint density at radius 1 is 1.13 bits per heavy atom. The molecule has 30 heavy (non-hydrogen) atoms. The first-order valence-corrected chi connectivity index (χ1v) is 11.3. The van der Waals surface area contributed by atoms with Crippen molar-refractivity contribution < 1.29 is 22.7 Å².